The number of aromatic nitrogens is 1. The largest absolute Gasteiger partial charge is 0.456 e. The van der Waals surface area contributed by atoms with Crippen LogP contribution in [0.3, 0.4) is 0 Å². The van der Waals surface area contributed by atoms with E-state index in [2.05, 4.69) is 14.8 Å². The smallest absolute Gasteiger partial charge is 0.338 e. The standard InChI is InChI=1S/C20H31N3O3/c1-20(2,3)26-19(24)17-6-7-21-18(13-17)23-8-4-5-16(15-23)14-22-9-11-25-12-10-22/h6-7,13,16H,4-5,8-12,14-15H2,1-3H3/t16-/m0/s1. The molecule has 1 aromatic rings. The highest BCUT2D eigenvalue weighted by atomic mass is 16.6. The van der Waals surface area contributed by atoms with Crippen LogP contribution >= 0.6 is 0 Å². The lowest BCUT2D eigenvalue weighted by atomic mass is 9.97. The van der Waals surface area contributed by atoms with Crippen molar-refractivity contribution in [2.75, 3.05) is 50.8 Å². The molecule has 2 saturated heterocycles. The van der Waals surface area contributed by atoms with Gasteiger partial charge in [-0.05, 0) is 51.7 Å². The molecule has 6 nitrogen and oxygen atoms in total. The minimum absolute atomic E-state index is 0.289. The van der Waals surface area contributed by atoms with Gasteiger partial charge in [-0.3, -0.25) is 4.90 Å². The summed E-state index contributed by atoms with van der Waals surface area (Å²) in [4.78, 5) is 21.7. The lowest BCUT2D eigenvalue weighted by Crippen LogP contribution is -2.44. The molecule has 0 radical (unpaired) electrons. The van der Waals surface area contributed by atoms with E-state index in [1.807, 2.05) is 26.8 Å². The average molecular weight is 361 g/mol. The number of hydrogen-bond acceptors (Lipinski definition) is 6. The third-order valence-corrected chi connectivity index (χ3v) is 4.84. The van der Waals surface area contributed by atoms with Crippen LogP contribution in [0, 0.1) is 5.92 Å². The summed E-state index contributed by atoms with van der Waals surface area (Å²) in [5.74, 6) is 1.22. The summed E-state index contributed by atoms with van der Waals surface area (Å²) in [6.45, 7) is 12.5. The summed E-state index contributed by atoms with van der Waals surface area (Å²) in [6.07, 6.45) is 4.12. The number of pyridine rings is 1. The first-order valence-electron chi connectivity index (χ1n) is 9.65. The van der Waals surface area contributed by atoms with E-state index in [1.54, 1.807) is 12.3 Å². The van der Waals surface area contributed by atoms with E-state index in [1.165, 1.54) is 6.42 Å². The number of rotatable bonds is 4. The molecule has 0 aliphatic carbocycles. The van der Waals surface area contributed by atoms with E-state index in [4.69, 9.17) is 9.47 Å². The minimum Gasteiger partial charge on any atom is -0.456 e. The van der Waals surface area contributed by atoms with Gasteiger partial charge < -0.3 is 14.4 Å². The predicted molar refractivity (Wildman–Crippen MR) is 102 cm³/mol. The Hall–Kier alpha value is -1.66. The van der Waals surface area contributed by atoms with Crippen LogP contribution in [0.1, 0.15) is 44.0 Å². The zero-order chi connectivity index (χ0) is 18.6. The van der Waals surface area contributed by atoms with Crippen molar-refractivity contribution in [1.29, 1.82) is 0 Å². The Balaban J connectivity index is 1.62. The van der Waals surface area contributed by atoms with E-state index in [9.17, 15) is 4.79 Å². The number of carbonyl (C=O) groups is 1. The van der Waals surface area contributed by atoms with Crippen molar-refractivity contribution < 1.29 is 14.3 Å². The van der Waals surface area contributed by atoms with Crippen molar-refractivity contribution in [3.05, 3.63) is 23.9 Å². The predicted octanol–water partition coefficient (Wildman–Crippen LogP) is 2.59. The Morgan fingerprint density at radius 3 is 2.81 bits per heavy atom. The minimum atomic E-state index is -0.491. The van der Waals surface area contributed by atoms with Crippen LogP contribution in [0.25, 0.3) is 0 Å². The molecule has 2 aliphatic rings. The summed E-state index contributed by atoms with van der Waals surface area (Å²) in [7, 11) is 0. The lowest BCUT2D eigenvalue weighted by molar-refractivity contribution is 0.00694. The van der Waals surface area contributed by atoms with E-state index in [-0.39, 0.29) is 5.97 Å². The number of carbonyl (C=O) groups excluding carboxylic acids is 1. The van der Waals surface area contributed by atoms with Gasteiger partial charge in [0.15, 0.2) is 0 Å². The Labute approximate surface area is 156 Å². The van der Waals surface area contributed by atoms with Gasteiger partial charge in [0.05, 0.1) is 18.8 Å². The molecule has 0 aromatic carbocycles. The number of piperidine rings is 1. The Morgan fingerprint density at radius 1 is 1.31 bits per heavy atom. The van der Waals surface area contributed by atoms with Crippen molar-refractivity contribution >= 4 is 11.8 Å². The summed E-state index contributed by atoms with van der Waals surface area (Å²) >= 11 is 0. The molecule has 1 aromatic heterocycles. The topological polar surface area (TPSA) is 54.9 Å². The van der Waals surface area contributed by atoms with Crippen LogP contribution in [-0.2, 0) is 9.47 Å². The summed E-state index contributed by atoms with van der Waals surface area (Å²) in [6, 6.07) is 3.60. The maximum atomic E-state index is 12.3. The fraction of sp³-hybridized carbons (Fsp3) is 0.700. The molecule has 0 N–H and O–H groups in total. The molecule has 3 heterocycles. The van der Waals surface area contributed by atoms with Gasteiger partial charge in [0.1, 0.15) is 11.4 Å². The number of anilines is 1. The molecular formula is C20H31N3O3. The Kier molecular flexibility index (Phi) is 6.14. The molecule has 1 atom stereocenters. The Bertz CT molecular complexity index is 609. The highest BCUT2D eigenvalue weighted by molar-refractivity contribution is 5.90. The molecule has 0 spiro atoms. The van der Waals surface area contributed by atoms with Crippen LogP contribution in [0.2, 0.25) is 0 Å². The van der Waals surface area contributed by atoms with Crippen LogP contribution in [0.15, 0.2) is 18.3 Å². The number of hydrogen-bond donors (Lipinski definition) is 0. The van der Waals surface area contributed by atoms with Crippen LogP contribution < -0.4 is 4.90 Å². The Morgan fingerprint density at radius 2 is 2.08 bits per heavy atom. The quantitative estimate of drug-likeness (QED) is 0.769. The number of esters is 1. The van der Waals surface area contributed by atoms with Gasteiger partial charge in [-0.25, -0.2) is 9.78 Å². The zero-order valence-electron chi connectivity index (χ0n) is 16.2. The average Bonchev–Trinajstić information content (AvgIpc) is 2.61. The second kappa shape index (κ2) is 8.35. The van der Waals surface area contributed by atoms with Crippen molar-refractivity contribution in [3.63, 3.8) is 0 Å². The van der Waals surface area contributed by atoms with Gasteiger partial charge in [0.2, 0.25) is 0 Å². The van der Waals surface area contributed by atoms with E-state index in [0.29, 0.717) is 11.5 Å². The molecule has 2 fully saturated rings. The van der Waals surface area contributed by atoms with Crippen molar-refractivity contribution in [2.45, 2.75) is 39.2 Å². The monoisotopic (exact) mass is 361 g/mol. The summed E-state index contributed by atoms with van der Waals surface area (Å²) in [5.41, 5.74) is 0.0785. The molecular weight excluding hydrogens is 330 g/mol. The van der Waals surface area contributed by atoms with Crippen molar-refractivity contribution in [1.82, 2.24) is 9.88 Å². The second-order valence-corrected chi connectivity index (χ2v) is 8.27. The molecule has 0 unspecified atom stereocenters. The van der Waals surface area contributed by atoms with Gasteiger partial charge in [0.25, 0.3) is 0 Å². The van der Waals surface area contributed by atoms with Gasteiger partial charge in [-0.15, -0.1) is 0 Å². The van der Waals surface area contributed by atoms with Gasteiger partial charge >= 0.3 is 5.97 Å². The normalized spacial score (nSPS) is 22.3. The maximum Gasteiger partial charge on any atom is 0.338 e. The zero-order valence-corrected chi connectivity index (χ0v) is 16.2. The molecule has 0 amide bonds. The molecule has 144 valence electrons. The van der Waals surface area contributed by atoms with Crippen LogP contribution in [-0.4, -0.2) is 67.4 Å². The first-order chi connectivity index (χ1) is 12.4. The molecule has 3 rings (SSSR count). The SMILES string of the molecule is CC(C)(C)OC(=O)c1ccnc(N2CCC[C@@H](CN3CCOCC3)C2)c1. The van der Waals surface area contributed by atoms with Gasteiger partial charge in [-0.2, -0.15) is 0 Å². The highest BCUT2D eigenvalue weighted by Crippen LogP contribution is 2.24. The molecule has 0 saturated carbocycles. The van der Waals surface area contributed by atoms with Gasteiger partial charge in [0, 0.05) is 38.9 Å². The number of ether oxygens (including phenoxy) is 2. The highest BCUT2D eigenvalue weighted by Gasteiger charge is 2.25. The maximum absolute atomic E-state index is 12.3. The van der Waals surface area contributed by atoms with Crippen LogP contribution in [0.4, 0.5) is 5.82 Å². The van der Waals surface area contributed by atoms with E-state index in [0.717, 1.165) is 58.2 Å². The number of nitrogens with zero attached hydrogens (tertiary/aromatic N) is 3. The van der Waals surface area contributed by atoms with Crippen molar-refractivity contribution in [3.8, 4) is 0 Å². The number of morpholine rings is 1. The molecule has 26 heavy (non-hydrogen) atoms. The fourth-order valence-corrected chi connectivity index (χ4v) is 3.63. The first-order valence-corrected chi connectivity index (χ1v) is 9.65. The molecule has 2 aliphatic heterocycles. The summed E-state index contributed by atoms with van der Waals surface area (Å²) < 4.78 is 10.9. The van der Waals surface area contributed by atoms with E-state index >= 15 is 0 Å². The van der Waals surface area contributed by atoms with Crippen molar-refractivity contribution in [2.24, 2.45) is 5.92 Å². The molecule has 0 bridgehead atoms. The molecule has 6 heteroatoms. The third kappa shape index (κ3) is 5.42. The van der Waals surface area contributed by atoms with E-state index < -0.39 is 5.60 Å². The fourth-order valence-electron chi connectivity index (χ4n) is 3.63. The summed E-state index contributed by atoms with van der Waals surface area (Å²) in [5, 5.41) is 0. The second-order valence-electron chi connectivity index (χ2n) is 8.27. The van der Waals surface area contributed by atoms with Gasteiger partial charge in [-0.1, -0.05) is 0 Å². The first kappa shape index (κ1) is 19.1. The lowest BCUT2D eigenvalue weighted by Gasteiger charge is -2.37. The third-order valence-electron chi connectivity index (χ3n) is 4.84. The van der Waals surface area contributed by atoms with Crippen LogP contribution in [0.5, 0.6) is 0 Å².